The Morgan fingerprint density at radius 1 is 1.12 bits per heavy atom. The molecule has 2 N–H and O–H groups in total. The number of halogens is 2. The van der Waals surface area contributed by atoms with Crippen LogP contribution >= 0.6 is 0 Å². The van der Waals surface area contributed by atoms with Gasteiger partial charge in [0.25, 0.3) is 0 Å². The van der Waals surface area contributed by atoms with E-state index in [0.29, 0.717) is 24.4 Å². The Bertz CT molecular complexity index is 509. The maximum absolute atomic E-state index is 13.0. The lowest BCUT2D eigenvalue weighted by molar-refractivity contribution is 0.584. The predicted octanol–water partition coefficient (Wildman–Crippen LogP) is 1.92. The molecule has 0 aliphatic heterocycles. The molecule has 0 spiro atoms. The van der Waals surface area contributed by atoms with Crippen LogP contribution in [0.25, 0.3) is 11.4 Å². The summed E-state index contributed by atoms with van der Waals surface area (Å²) in [7, 11) is 0. The van der Waals surface area contributed by atoms with Crippen molar-refractivity contribution in [2.45, 2.75) is 6.42 Å². The van der Waals surface area contributed by atoms with E-state index in [-0.39, 0.29) is 0 Å². The lowest BCUT2D eigenvalue weighted by Gasteiger charge is -2.03. The summed E-state index contributed by atoms with van der Waals surface area (Å²) in [6.07, 6.45) is 2.16. The fourth-order valence-electron chi connectivity index (χ4n) is 1.51. The van der Waals surface area contributed by atoms with E-state index in [2.05, 4.69) is 9.97 Å². The number of hydrogen-bond acceptors (Lipinski definition) is 3. The van der Waals surface area contributed by atoms with E-state index >= 15 is 0 Å². The van der Waals surface area contributed by atoms with Crippen molar-refractivity contribution in [3.63, 3.8) is 0 Å². The summed E-state index contributed by atoms with van der Waals surface area (Å²) >= 11 is 0. The van der Waals surface area contributed by atoms with Gasteiger partial charge in [-0.1, -0.05) is 0 Å². The molecule has 88 valence electrons. The molecule has 0 atom stereocenters. The van der Waals surface area contributed by atoms with Crippen LogP contribution in [0.5, 0.6) is 0 Å². The van der Waals surface area contributed by atoms with Gasteiger partial charge in [-0.2, -0.15) is 0 Å². The summed E-state index contributed by atoms with van der Waals surface area (Å²) in [5.74, 6) is -0.991. The Hall–Kier alpha value is -1.88. The monoisotopic (exact) mass is 235 g/mol. The Labute approximate surface area is 97.3 Å². The smallest absolute Gasteiger partial charge is 0.159 e. The number of benzene rings is 1. The summed E-state index contributed by atoms with van der Waals surface area (Å²) in [5.41, 5.74) is 6.49. The van der Waals surface area contributed by atoms with Crippen molar-refractivity contribution in [3.8, 4) is 11.4 Å². The third-order valence-electron chi connectivity index (χ3n) is 2.23. The highest BCUT2D eigenvalue weighted by molar-refractivity contribution is 5.54. The molecule has 0 radical (unpaired) electrons. The van der Waals surface area contributed by atoms with Gasteiger partial charge < -0.3 is 5.73 Å². The van der Waals surface area contributed by atoms with Crippen molar-refractivity contribution < 1.29 is 8.78 Å². The average molecular weight is 235 g/mol. The highest BCUT2D eigenvalue weighted by Gasteiger charge is 2.06. The summed E-state index contributed by atoms with van der Waals surface area (Å²) in [4.78, 5) is 8.18. The van der Waals surface area contributed by atoms with Gasteiger partial charge in [0.05, 0.1) is 0 Å². The first kappa shape index (κ1) is 11.6. The molecule has 1 aromatic carbocycles. The molecule has 0 aliphatic rings. The van der Waals surface area contributed by atoms with Gasteiger partial charge >= 0.3 is 0 Å². The summed E-state index contributed by atoms with van der Waals surface area (Å²) in [6, 6.07) is 4.94. The van der Waals surface area contributed by atoms with Crippen LogP contribution < -0.4 is 5.73 Å². The van der Waals surface area contributed by atoms with Crippen LogP contribution in [0.4, 0.5) is 8.78 Å². The first-order chi connectivity index (χ1) is 8.19. The van der Waals surface area contributed by atoms with Crippen LogP contribution in [-0.4, -0.2) is 16.5 Å². The van der Waals surface area contributed by atoms with Gasteiger partial charge in [0.1, 0.15) is 11.6 Å². The van der Waals surface area contributed by atoms with Crippen LogP contribution in [0.15, 0.2) is 30.5 Å². The van der Waals surface area contributed by atoms with Crippen LogP contribution in [-0.2, 0) is 6.42 Å². The molecule has 5 heteroatoms. The van der Waals surface area contributed by atoms with Gasteiger partial charge in [-0.05, 0) is 24.7 Å². The molecule has 0 unspecified atom stereocenters. The largest absolute Gasteiger partial charge is 0.330 e. The van der Waals surface area contributed by atoms with E-state index in [0.717, 1.165) is 11.8 Å². The van der Waals surface area contributed by atoms with Crippen LogP contribution in [0.2, 0.25) is 0 Å². The molecule has 0 saturated carbocycles. The second kappa shape index (κ2) is 4.97. The van der Waals surface area contributed by atoms with Crippen molar-refractivity contribution in [1.29, 1.82) is 0 Å². The normalized spacial score (nSPS) is 10.5. The van der Waals surface area contributed by atoms with E-state index in [1.54, 1.807) is 12.3 Å². The summed E-state index contributed by atoms with van der Waals surface area (Å²) < 4.78 is 26.1. The number of hydrogen-bond donors (Lipinski definition) is 1. The summed E-state index contributed by atoms with van der Waals surface area (Å²) in [6.45, 7) is 0.466. The fourth-order valence-corrected chi connectivity index (χ4v) is 1.51. The standard InChI is InChI=1S/C12H11F2N3/c13-9-5-8(6-10(14)7-9)12-16-4-2-11(17-12)1-3-15/h2,4-7H,1,3,15H2. The zero-order chi connectivity index (χ0) is 12.3. The molecular weight excluding hydrogens is 224 g/mol. The van der Waals surface area contributed by atoms with Gasteiger partial charge in [0.15, 0.2) is 5.82 Å². The molecule has 17 heavy (non-hydrogen) atoms. The van der Waals surface area contributed by atoms with Gasteiger partial charge in [0.2, 0.25) is 0 Å². The molecule has 3 nitrogen and oxygen atoms in total. The van der Waals surface area contributed by atoms with Gasteiger partial charge in [-0.3, -0.25) is 0 Å². The number of nitrogens with two attached hydrogens (primary N) is 1. The van der Waals surface area contributed by atoms with E-state index in [9.17, 15) is 8.78 Å². The van der Waals surface area contributed by atoms with Crippen molar-refractivity contribution in [2.24, 2.45) is 5.73 Å². The first-order valence-corrected chi connectivity index (χ1v) is 5.17. The van der Waals surface area contributed by atoms with E-state index in [1.165, 1.54) is 12.1 Å². The molecule has 0 amide bonds. The van der Waals surface area contributed by atoms with E-state index in [4.69, 9.17) is 5.73 Å². The highest BCUT2D eigenvalue weighted by Crippen LogP contribution is 2.17. The van der Waals surface area contributed by atoms with Crippen molar-refractivity contribution in [1.82, 2.24) is 9.97 Å². The van der Waals surface area contributed by atoms with Gasteiger partial charge in [0, 0.05) is 29.9 Å². The average Bonchev–Trinajstić information content (AvgIpc) is 2.28. The number of aromatic nitrogens is 2. The molecule has 0 saturated heterocycles. The minimum atomic E-state index is -0.646. The zero-order valence-corrected chi connectivity index (χ0v) is 9.03. The maximum Gasteiger partial charge on any atom is 0.159 e. The minimum Gasteiger partial charge on any atom is -0.330 e. The lowest BCUT2D eigenvalue weighted by atomic mass is 10.2. The third-order valence-corrected chi connectivity index (χ3v) is 2.23. The quantitative estimate of drug-likeness (QED) is 0.884. The van der Waals surface area contributed by atoms with Crippen molar-refractivity contribution in [3.05, 3.63) is 47.8 Å². The first-order valence-electron chi connectivity index (χ1n) is 5.17. The van der Waals surface area contributed by atoms with Crippen molar-refractivity contribution >= 4 is 0 Å². The van der Waals surface area contributed by atoms with E-state index < -0.39 is 11.6 Å². The molecule has 1 heterocycles. The molecule has 1 aromatic heterocycles. The predicted molar refractivity (Wildman–Crippen MR) is 60.1 cm³/mol. The third kappa shape index (κ3) is 2.82. The molecule has 0 bridgehead atoms. The van der Waals surface area contributed by atoms with E-state index in [1.807, 2.05) is 0 Å². The number of rotatable bonds is 3. The van der Waals surface area contributed by atoms with Crippen LogP contribution in [0.1, 0.15) is 5.69 Å². The van der Waals surface area contributed by atoms with Gasteiger partial charge in [-0.25, -0.2) is 18.7 Å². The lowest BCUT2D eigenvalue weighted by Crippen LogP contribution is -2.05. The Kier molecular flexibility index (Phi) is 3.39. The molecular formula is C12H11F2N3. The molecule has 0 aliphatic carbocycles. The van der Waals surface area contributed by atoms with Crippen LogP contribution in [0, 0.1) is 11.6 Å². The van der Waals surface area contributed by atoms with Gasteiger partial charge in [-0.15, -0.1) is 0 Å². The Morgan fingerprint density at radius 2 is 1.82 bits per heavy atom. The summed E-state index contributed by atoms with van der Waals surface area (Å²) in [5, 5.41) is 0. The number of nitrogens with zero attached hydrogens (tertiary/aromatic N) is 2. The van der Waals surface area contributed by atoms with Crippen molar-refractivity contribution in [2.75, 3.05) is 6.54 Å². The minimum absolute atomic E-state index is 0.300. The second-order valence-corrected chi connectivity index (χ2v) is 3.57. The second-order valence-electron chi connectivity index (χ2n) is 3.57. The zero-order valence-electron chi connectivity index (χ0n) is 9.03. The molecule has 2 rings (SSSR count). The Morgan fingerprint density at radius 3 is 2.47 bits per heavy atom. The topological polar surface area (TPSA) is 51.8 Å². The molecule has 2 aromatic rings. The van der Waals surface area contributed by atoms with Crippen LogP contribution in [0.3, 0.4) is 0 Å². The highest BCUT2D eigenvalue weighted by atomic mass is 19.1. The fraction of sp³-hybridized carbons (Fsp3) is 0.167. The maximum atomic E-state index is 13.0. The Balaban J connectivity index is 2.41. The molecule has 0 fully saturated rings. The SMILES string of the molecule is NCCc1ccnc(-c2cc(F)cc(F)c2)n1.